The van der Waals surface area contributed by atoms with Crippen LogP contribution in [0.3, 0.4) is 0 Å². The molecule has 2 aromatic carbocycles. The van der Waals surface area contributed by atoms with Gasteiger partial charge in [-0.25, -0.2) is 9.97 Å². The van der Waals surface area contributed by atoms with Crippen LogP contribution in [0.15, 0.2) is 60.8 Å². The van der Waals surface area contributed by atoms with E-state index in [1.807, 2.05) is 54.6 Å². The van der Waals surface area contributed by atoms with Crippen molar-refractivity contribution >= 4 is 34.2 Å². The fourth-order valence-corrected chi connectivity index (χ4v) is 4.67. The molecule has 1 amide bonds. The van der Waals surface area contributed by atoms with Crippen molar-refractivity contribution in [3.63, 3.8) is 0 Å². The lowest BCUT2D eigenvalue weighted by molar-refractivity contribution is 0.0923. The SMILES string of the molecule is Nc1nc(-c2ccccc2)c(-c2cc(Cl)c3ncccc3c2)nc1C(=O)NC1CCCCC1. The number of anilines is 1. The third-order valence-electron chi connectivity index (χ3n) is 6.06. The molecule has 4 aromatic rings. The number of hydrogen-bond acceptors (Lipinski definition) is 5. The molecule has 1 aliphatic rings. The molecule has 33 heavy (non-hydrogen) atoms. The number of aromatic nitrogens is 3. The topological polar surface area (TPSA) is 93.8 Å². The van der Waals surface area contributed by atoms with E-state index in [4.69, 9.17) is 22.3 Å². The summed E-state index contributed by atoms with van der Waals surface area (Å²) in [4.78, 5) is 26.9. The summed E-state index contributed by atoms with van der Waals surface area (Å²) in [5.74, 6) is -0.180. The summed E-state index contributed by atoms with van der Waals surface area (Å²) in [6, 6.07) is 17.4. The minimum atomic E-state index is -0.290. The Morgan fingerprint density at radius 2 is 1.70 bits per heavy atom. The molecule has 5 rings (SSSR count). The number of carbonyl (C=O) groups excluding carboxylic acids is 1. The molecular formula is C26H24ClN5O. The maximum Gasteiger partial charge on any atom is 0.273 e. The number of pyridine rings is 1. The lowest BCUT2D eigenvalue weighted by Crippen LogP contribution is -2.37. The number of nitrogens with one attached hydrogen (secondary N) is 1. The number of rotatable bonds is 4. The fraction of sp³-hybridized carbons (Fsp3) is 0.231. The summed E-state index contributed by atoms with van der Waals surface area (Å²) < 4.78 is 0. The van der Waals surface area contributed by atoms with E-state index in [1.54, 1.807) is 6.20 Å². The Kier molecular flexibility index (Phi) is 5.92. The number of amides is 1. The molecule has 1 saturated carbocycles. The van der Waals surface area contributed by atoms with Gasteiger partial charge < -0.3 is 11.1 Å². The predicted octanol–water partition coefficient (Wildman–Crippen LogP) is 5.66. The van der Waals surface area contributed by atoms with Crippen LogP contribution < -0.4 is 11.1 Å². The van der Waals surface area contributed by atoms with E-state index in [-0.39, 0.29) is 23.5 Å². The minimum Gasteiger partial charge on any atom is -0.382 e. The van der Waals surface area contributed by atoms with Gasteiger partial charge in [-0.2, -0.15) is 0 Å². The Morgan fingerprint density at radius 3 is 2.48 bits per heavy atom. The zero-order valence-electron chi connectivity index (χ0n) is 18.1. The Hall–Kier alpha value is -3.51. The molecule has 0 saturated heterocycles. The summed E-state index contributed by atoms with van der Waals surface area (Å²) >= 11 is 6.56. The first kappa shape index (κ1) is 21.3. The van der Waals surface area contributed by atoms with E-state index in [2.05, 4.69) is 15.3 Å². The molecule has 0 atom stereocenters. The maximum absolute atomic E-state index is 13.1. The monoisotopic (exact) mass is 457 g/mol. The van der Waals surface area contributed by atoms with Crippen LogP contribution in [-0.4, -0.2) is 26.9 Å². The Morgan fingerprint density at radius 1 is 0.939 bits per heavy atom. The molecule has 7 heteroatoms. The highest BCUT2D eigenvalue weighted by molar-refractivity contribution is 6.35. The van der Waals surface area contributed by atoms with E-state index < -0.39 is 0 Å². The molecule has 6 nitrogen and oxygen atoms in total. The number of halogens is 1. The van der Waals surface area contributed by atoms with Crippen LogP contribution in [0.1, 0.15) is 42.6 Å². The second-order valence-electron chi connectivity index (χ2n) is 8.36. The molecule has 0 spiro atoms. The highest BCUT2D eigenvalue weighted by Gasteiger charge is 2.23. The van der Waals surface area contributed by atoms with E-state index in [9.17, 15) is 4.79 Å². The predicted molar refractivity (Wildman–Crippen MR) is 132 cm³/mol. The summed E-state index contributed by atoms with van der Waals surface area (Å²) in [5.41, 5.74) is 9.86. The van der Waals surface area contributed by atoms with Crippen molar-refractivity contribution in [1.29, 1.82) is 0 Å². The van der Waals surface area contributed by atoms with Gasteiger partial charge in [-0.05, 0) is 31.0 Å². The van der Waals surface area contributed by atoms with Crippen LogP contribution in [-0.2, 0) is 0 Å². The van der Waals surface area contributed by atoms with Gasteiger partial charge in [0.2, 0.25) is 0 Å². The third-order valence-corrected chi connectivity index (χ3v) is 6.35. The van der Waals surface area contributed by atoms with Crippen LogP contribution in [0.2, 0.25) is 5.02 Å². The molecule has 3 N–H and O–H groups in total. The zero-order valence-corrected chi connectivity index (χ0v) is 18.8. The van der Waals surface area contributed by atoms with Gasteiger partial charge in [0.15, 0.2) is 11.5 Å². The summed E-state index contributed by atoms with van der Waals surface area (Å²) in [7, 11) is 0. The summed E-state index contributed by atoms with van der Waals surface area (Å²) in [5, 5.41) is 4.49. The van der Waals surface area contributed by atoms with Gasteiger partial charge >= 0.3 is 0 Å². The van der Waals surface area contributed by atoms with Gasteiger partial charge in [-0.15, -0.1) is 0 Å². The number of hydrogen-bond donors (Lipinski definition) is 2. The molecule has 0 radical (unpaired) electrons. The van der Waals surface area contributed by atoms with Crippen molar-refractivity contribution in [3.05, 3.63) is 71.5 Å². The van der Waals surface area contributed by atoms with Crippen LogP contribution in [0, 0.1) is 0 Å². The number of nitrogens with zero attached hydrogens (tertiary/aromatic N) is 3. The van der Waals surface area contributed by atoms with Crippen molar-refractivity contribution in [2.75, 3.05) is 5.73 Å². The summed E-state index contributed by atoms with van der Waals surface area (Å²) in [6.07, 6.45) is 7.10. The standard InChI is InChI=1S/C26H24ClN5O/c27-20-15-18(14-17-10-7-13-29-21(17)20)23-22(16-8-3-1-4-9-16)32-25(28)24(31-23)26(33)30-19-11-5-2-6-12-19/h1,3-4,7-10,13-15,19H,2,5-6,11-12H2,(H2,28,32)(H,30,33). The van der Waals surface area contributed by atoms with E-state index in [1.165, 1.54) is 6.42 Å². The number of benzene rings is 2. The maximum atomic E-state index is 13.1. The normalized spacial score (nSPS) is 14.3. The number of fused-ring (bicyclic) bond motifs is 1. The first-order valence-corrected chi connectivity index (χ1v) is 11.6. The average Bonchev–Trinajstić information content (AvgIpc) is 2.85. The average molecular weight is 458 g/mol. The molecular weight excluding hydrogens is 434 g/mol. The van der Waals surface area contributed by atoms with Crippen LogP contribution in [0.25, 0.3) is 33.4 Å². The number of carbonyl (C=O) groups is 1. The van der Waals surface area contributed by atoms with Gasteiger partial charge in [-0.1, -0.05) is 67.3 Å². The molecule has 1 fully saturated rings. The highest BCUT2D eigenvalue weighted by atomic mass is 35.5. The second kappa shape index (κ2) is 9.16. The van der Waals surface area contributed by atoms with Crippen molar-refractivity contribution in [2.24, 2.45) is 0 Å². The first-order chi connectivity index (χ1) is 16.1. The lowest BCUT2D eigenvalue weighted by atomic mass is 9.95. The lowest BCUT2D eigenvalue weighted by Gasteiger charge is -2.23. The summed E-state index contributed by atoms with van der Waals surface area (Å²) in [6.45, 7) is 0. The van der Waals surface area contributed by atoms with Gasteiger partial charge in [0, 0.05) is 28.8 Å². The molecule has 0 aliphatic heterocycles. The first-order valence-electron chi connectivity index (χ1n) is 11.2. The van der Waals surface area contributed by atoms with E-state index in [0.29, 0.717) is 21.9 Å². The van der Waals surface area contributed by atoms with Gasteiger partial charge in [0.05, 0.1) is 21.9 Å². The molecule has 0 unspecified atom stereocenters. The van der Waals surface area contributed by atoms with Crippen LogP contribution in [0.4, 0.5) is 5.82 Å². The smallest absolute Gasteiger partial charge is 0.273 e. The van der Waals surface area contributed by atoms with Crippen LogP contribution >= 0.6 is 11.6 Å². The molecule has 2 heterocycles. The number of nitrogen functional groups attached to an aromatic ring is 1. The molecule has 0 bridgehead atoms. The van der Waals surface area contributed by atoms with E-state index in [0.717, 1.165) is 42.2 Å². The largest absolute Gasteiger partial charge is 0.382 e. The Labute approximate surface area is 197 Å². The molecule has 166 valence electrons. The van der Waals surface area contributed by atoms with Gasteiger partial charge in [-0.3, -0.25) is 9.78 Å². The number of nitrogens with two attached hydrogens (primary N) is 1. The fourth-order valence-electron chi connectivity index (χ4n) is 4.40. The Balaban J connectivity index is 1.64. The highest BCUT2D eigenvalue weighted by Crippen LogP contribution is 2.35. The molecule has 2 aromatic heterocycles. The van der Waals surface area contributed by atoms with E-state index >= 15 is 0 Å². The Bertz CT molecular complexity index is 1320. The minimum absolute atomic E-state index is 0.111. The van der Waals surface area contributed by atoms with Crippen molar-refractivity contribution in [3.8, 4) is 22.5 Å². The van der Waals surface area contributed by atoms with Crippen molar-refractivity contribution in [2.45, 2.75) is 38.1 Å². The zero-order chi connectivity index (χ0) is 22.8. The van der Waals surface area contributed by atoms with Crippen LogP contribution in [0.5, 0.6) is 0 Å². The van der Waals surface area contributed by atoms with Gasteiger partial charge in [0.1, 0.15) is 0 Å². The third kappa shape index (κ3) is 4.39. The van der Waals surface area contributed by atoms with Crippen molar-refractivity contribution in [1.82, 2.24) is 20.3 Å². The van der Waals surface area contributed by atoms with Gasteiger partial charge in [0.25, 0.3) is 5.91 Å². The van der Waals surface area contributed by atoms with Crippen molar-refractivity contribution < 1.29 is 4.79 Å². The second-order valence-corrected chi connectivity index (χ2v) is 8.77. The molecule has 1 aliphatic carbocycles. The quantitative estimate of drug-likeness (QED) is 0.412.